The minimum atomic E-state index is 0.796. The summed E-state index contributed by atoms with van der Waals surface area (Å²) >= 11 is 2.30. The monoisotopic (exact) mass is 269 g/mol. The summed E-state index contributed by atoms with van der Waals surface area (Å²) in [4.78, 5) is 0. The second kappa shape index (κ2) is 7.79. The second-order valence-corrected chi connectivity index (χ2v) is 7.55. The molecule has 1 N–H and O–H groups in total. The molecule has 2 heteroatoms. The molecule has 1 nitrogen and oxygen atoms in total. The van der Waals surface area contributed by atoms with Crippen LogP contribution >= 0.6 is 11.8 Å². The lowest BCUT2D eigenvalue weighted by molar-refractivity contribution is 0.297. The van der Waals surface area contributed by atoms with Crippen LogP contribution < -0.4 is 5.32 Å². The van der Waals surface area contributed by atoms with Crippen LogP contribution in [-0.2, 0) is 0 Å². The zero-order valence-electron chi connectivity index (χ0n) is 12.3. The van der Waals surface area contributed by atoms with Gasteiger partial charge in [-0.15, -0.1) is 0 Å². The van der Waals surface area contributed by atoms with E-state index in [1.54, 1.807) is 0 Å². The van der Waals surface area contributed by atoms with Crippen molar-refractivity contribution < 1.29 is 0 Å². The summed E-state index contributed by atoms with van der Waals surface area (Å²) in [7, 11) is 0. The first-order valence-electron chi connectivity index (χ1n) is 8.18. The van der Waals surface area contributed by atoms with Crippen LogP contribution in [0.25, 0.3) is 0 Å². The van der Waals surface area contributed by atoms with Crippen molar-refractivity contribution in [3.05, 3.63) is 0 Å². The summed E-state index contributed by atoms with van der Waals surface area (Å²) in [6.45, 7) is 5.77. The minimum Gasteiger partial charge on any atom is -0.313 e. The van der Waals surface area contributed by atoms with E-state index >= 15 is 0 Å². The van der Waals surface area contributed by atoms with Crippen LogP contribution in [0.4, 0.5) is 0 Å². The summed E-state index contributed by atoms with van der Waals surface area (Å²) in [5, 5.41) is 4.63. The van der Waals surface area contributed by atoms with Crippen LogP contribution in [0.15, 0.2) is 0 Å². The van der Waals surface area contributed by atoms with Crippen molar-refractivity contribution in [2.45, 2.75) is 76.5 Å². The third-order valence-electron chi connectivity index (χ3n) is 4.96. The molecule has 0 aromatic carbocycles. The summed E-state index contributed by atoms with van der Waals surface area (Å²) in [6, 6.07) is 0.796. The maximum absolute atomic E-state index is 3.73. The van der Waals surface area contributed by atoms with Gasteiger partial charge in [0, 0.05) is 11.3 Å². The first-order valence-corrected chi connectivity index (χ1v) is 9.23. The lowest BCUT2D eigenvalue weighted by atomic mass is 9.84. The van der Waals surface area contributed by atoms with Crippen LogP contribution in [-0.4, -0.2) is 23.6 Å². The maximum Gasteiger partial charge on any atom is 0.0203 e. The normalized spacial score (nSPS) is 34.0. The molecule has 106 valence electrons. The minimum absolute atomic E-state index is 0.796. The van der Waals surface area contributed by atoms with E-state index in [4.69, 9.17) is 0 Å². The molecule has 0 aromatic heterocycles. The average molecular weight is 269 g/mol. The Morgan fingerprint density at radius 3 is 2.44 bits per heavy atom. The lowest BCUT2D eigenvalue weighted by Crippen LogP contribution is -2.42. The van der Waals surface area contributed by atoms with Crippen molar-refractivity contribution in [3.63, 3.8) is 0 Å². The standard InChI is InChI=1S/C16H31NS/c1-3-13-9-10-15(17-4-2)16(11-13)18-12-14-7-5-6-8-14/h13-17H,3-12H2,1-2H3. The Bertz CT molecular complexity index is 225. The van der Waals surface area contributed by atoms with Crippen molar-refractivity contribution in [2.75, 3.05) is 12.3 Å². The average Bonchev–Trinajstić information content (AvgIpc) is 2.91. The topological polar surface area (TPSA) is 12.0 Å². The quantitative estimate of drug-likeness (QED) is 0.763. The largest absolute Gasteiger partial charge is 0.313 e. The van der Waals surface area contributed by atoms with Crippen molar-refractivity contribution >= 4 is 11.8 Å². The molecule has 0 saturated heterocycles. The van der Waals surface area contributed by atoms with E-state index in [2.05, 4.69) is 30.9 Å². The number of thioether (sulfide) groups is 1. The second-order valence-electron chi connectivity index (χ2n) is 6.27. The van der Waals surface area contributed by atoms with Crippen molar-refractivity contribution in [2.24, 2.45) is 11.8 Å². The molecule has 2 fully saturated rings. The molecule has 0 heterocycles. The molecule has 2 aliphatic carbocycles. The van der Waals surface area contributed by atoms with Crippen LogP contribution in [0.1, 0.15) is 65.2 Å². The molecule has 3 unspecified atom stereocenters. The Hall–Kier alpha value is 0.310. The Labute approximate surface area is 118 Å². The molecule has 0 bridgehead atoms. The maximum atomic E-state index is 3.73. The van der Waals surface area contributed by atoms with Crippen LogP contribution in [0.5, 0.6) is 0 Å². The predicted molar refractivity (Wildman–Crippen MR) is 83.3 cm³/mol. The highest BCUT2D eigenvalue weighted by atomic mass is 32.2. The highest BCUT2D eigenvalue weighted by Crippen LogP contribution is 2.37. The van der Waals surface area contributed by atoms with E-state index in [0.717, 1.165) is 29.7 Å². The highest BCUT2D eigenvalue weighted by molar-refractivity contribution is 7.99. The fourth-order valence-electron chi connectivity index (χ4n) is 3.70. The number of nitrogens with one attached hydrogen (secondary N) is 1. The van der Waals surface area contributed by atoms with Gasteiger partial charge in [-0.25, -0.2) is 0 Å². The highest BCUT2D eigenvalue weighted by Gasteiger charge is 2.30. The van der Waals surface area contributed by atoms with Gasteiger partial charge in [0.05, 0.1) is 0 Å². The first-order chi connectivity index (χ1) is 8.83. The van der Waals surface area contributed by atoms with E-state index < -0.39 is 0 Å². The Morgan fingerprint density at radius 1 is 1.00 bits per heavy atom. The molecule has 2 rings (SSSR count). The van der Waals surface area contributed by atoms with E-state index in [9.17, 15) is 0 Å². The molecule has 18 heavy (non-hydrogen) atoms. The molecule has 0 spiro atoms. The van der Waals surface area contributed by atoms with Crippen LogP contribution in [0.2, 0.25) is 0 Å². The Balaban J connectivity index is 1.79. The van der Waals surface area contributed by atoms with Gasteiger partial charge < -0.3 is 5.32 Å². The van der Waals surface area contributed by atoms with Gasteiger partial charge >= 0.3 is 0 Å². The van der Waals surface area contributed by atoms with Gasteiger partial charge in [-0.1, -0.05) is 33.1 Å². The van der Waals surface area contributed by atoms with E-state index in [1.807, 2.05) is 0 Å². The molecular weight excluding hydrogens is 238 g/mol. The van der Waals surface area contributed by atoms with Gasteiger partial charge in [-0.2, -0.15) is 11.8 Å². The predicted octanol–water partition coefficient (Wildman–Crippen LogP) is 4.47. The third kappa shape index (κ3) is 4.16. The van der Waals surface area contributed by atoms with Gasteiger partial charge in [-0.3, -0.25) is 0 Å². The van der Waals surface area contributed by atoms with Crippen molar-refractivity contribution in [1.29, 1.82) is 0 Å². The van der Waals surface area contributed by atoms with Crippen molar-refractivity contribution in [1.82, 2.24) is 5.32 Å². The Kier molecular flexibility index (Phi) is 6.37. The molecule has 2 saturated carbocycles. The summed E-state index contributed by atoms with van der Waals surface area (Å²) < 4.78 is 0. The van der Waals surface area contributed by atoms with E-state index in [-0.39, 0.29) is 0 Å². The van der Waals surface area contributed by atoms with Gasteiger partial charge in [0.15, 0.2) is 0 Å². The van der Waals surface area contributed by atoms with E-state index in [1.165, 1.54) is 57.1 Å². The SMILES string of the molecule is CCNC1CCC(CC)CC1SCC1CCCC1. The molecule has 3 atom stereocenters. The number of rotatable bonds is 6. The molecular formula is C16H31NS. The van der Waals surface area contributed by atoms with Crippen molar-refractivity contribution in [3.8, 4) is 0 Å². The lowest BCUT2D eigenvalue weighted by Gasteiger charge is -2.36. The Morgan fingerprint density at radius 2 is 1.78 bits per heavy atom. The van der Waals surface area contributed by atoms with Gasteiger partial charge in [-0.05, 0) is 56.2 Å². The smallest absolute Gasteiger partial charge is 0.0203 e. The summed E-state index contributed by atoms with van der Waals surface area (Å²) in [6.07, 6.45) is 11.7. The number of hydrogen-bond acceptors (Lipinski definition) is 2. The summed E-state index contributed by atoms with van der Waals surface area (Å²) in [5.41, 5.74) is 0. The fraction of sp³-hybridized carbons (Fsp3) is 1.00. The fourth-order valence-corrected chi connectivity index (χ4v) is 5.42. The summed E-state index contributed by atoms with van der Waals surface area (Å²) in [5.74, 6) is 3.48. The molecule has 0 radical (unpaired) electrons. The molecule has 2 aliphatic rings. The van der Waals surface area contributed by atoms with Gasteiger partial charge in [0.1, 0.15) is 0 Å². The molecule has 0 aliphatic heterocycles. The zero-order valence-corrected chi connectivity index (χ0v) is 13.1. The van der Waals surface area contributed by atoms with E-state index in [0.29, 0.717) is 0 Å². The third-order valence-corrected chi connectivity index (χ3v) is 6.58. The van der Waals surface area contributed by atoms with Crippen LogP contribution in [0.3, 0.4) is 0 Å². The molecule has 0 amide bonds. The molecule has 0 aromatic rings. The van der Waals surface area contributed by atoms with Crippen LogP contribution in [0, 0.1) is 11.8 Å². The first kappa shape index (κ1) is 14.7. The number of hydrogen-bond donors (Lipinski definition) is 1. The zero-order chi connectivity index (χ0) is 12.8. The van der Waals surface area contributed by atoms with Gasteiger partial charge in [0.2, 0.25) is 0 Å². The van der Waals surface area contributed by atoms with Gasteiger partial charge in [0.25, 0.3) is 0 Å².